The number of benzene rings is 1. The molecule has 0 N–H and O–H groups in total. The maximum Gasteiger partial charge on any atom is 1.00 e. The molecule has 0 amide bonds. The summed E-state index contributed by atoms with van der Waals surface area (Å²) in [6, 6.07) is 10.9. The van der Waals surface area contributed by atoms with Crippen LogP contribution in [0.25, 0.3) is 0 Å². The first-order valence-corrected chi connectivity index (χ1v) is 2.94. The molecule has 0 heterocycles. The van der Waals surface area contributed by atoms with Crippen LogP contribution in [0, 0.1) is 6.07 Å². The zero-order valence-electron chi connectivity index (χ0n) is 6.76. The van der Waals surface area contributed by atoms with Crippen molar-refractivity contribution in [3.63, 3.8) is 0 Å². The van der Waals surface area contributed by atoms with Crippen molar-refractivity contribution in [1.82, 2.24) is 0 Å². The second kappa shape index (κ2) is 4.44. The standard InChI is InChI=1S/C8H10N.Li/c1-9(2)8-6-4-3-5-7-8;/h3-4,6-7H,1-2H3;/q-1;+1. The smallest absolute Gasteiger partial charge is 0.429 e. The van der Waals surface area contributed by atoms with Crippen LogP contribution in [0.3, 0.4) is 0 Å². The van der Waals surface area contributed by atoms with Gasteiger partial charge in [-0.25, -0.2) is 0 Å². The van der Waals surface area contributed by atoms with Crippen LogP contribution in [0.1, 0.15) is 0 Å². The van der Waals surface area contributed by atoms with Crippen LogP contribution >= 0.6 is 0 Å². The van der Waals surface area contributed by atoms with Crippen LogP contribution in [-0.4, -0.2) is 14.1 Å². The van der Waals surface area contributed by atoms with E-state index in [0.717, 1.165) is 0 Å². The van der Waals surface area contributed by atoms with Crippen molar-refractivity contribution in [2.75, 3.05) is 19.0 Å². The van der Waals surface area contributed by atoms with Crippen molar-refractivity contribution in [3.8, 4) is 0 Å². The van der Waals surface area contributed by atoms with Crippen LogP contribution < -0.4 is 23.8 Å². The van der Waals surface area contributed by atoms with Crippen molar-refractivity contribution in [2.24, 2.45) is 0 Å². The Balaban J connectivity index is 0.000000810. The van der Waals surface area contributed by atoms with E-state index in [9.17, 15) is 0 Å². The summed E-state index contributed by atoms with van der Waals surface area (Å²) in [6.07, 6.45) is 0. The third-order valence-electron chi connectivity index (χ3n) is 1.21. The van der Waals surface area contributed by atoms with Gasteiger partial charge in [0.25, 0.3) is 0 Å². The molecule has 0 radical (unpaired) electrons. The molecule has 0 spiro atoms. The van der Waals surface area contributed by atoms with Crippen LogP contribution in [-0.2, 0) is 0 Å². The van der Waals surface area contributed by atoms with E-state index in [1.54, 1.807) is 0 Å². The van der Waals surface area contributed by atoms with E-state index in [1.807, 2.05) is 32.3 Å². The normalized spacial score (nSPS) is 8.20. The monoisotopic (exact) mass is 127 g/mol. The largest absolute Gasteiger partial charge is 1.00 e. The van der Waals surface area contributed by atoms with Crippen LogP contribution in [0.15, 0.2) is 24.3 Å². The van der Waals surface area contributed by atoms with E-state index in [1.165, 1.54) is 5.69 Å². The summed E-state index contributed by atoms with van der Waals surface area (Å²) in [5, 5.41) is 0. The van der Waals surface area contributed by atoms with E-state index in [2.05, 4.69) is 17.0 Å². The van der Waals surface area contributed by atoms with Crippen molar-refractivity contribution >= 4 is 5.69 Å². The number of anilines is 1. The maximum absolute atomic E-state index is 3.00. The topological polar surface area (TPSA) is 3.24 Å². The predicted octanol–water partition coefficient (Wildman–Crippen LogP) is -1.44. The number of nitrogens with zero attached hydrogens (tertiary/aromatic N) is 1. The van der Waals surface area contributed by atoms with E-state index in [-0.39, 0.29) is 18.9 Å². The van der Waals surface area contributed by atoms with E-state index in [0.29, 0.717) is 0 Å². The summed E-state index contributed by atoms with van der Waals surface area (Å²) in [6.45, 7) is 0. The molecular formula is C8H10LiN. The molecule has 1 rings (SSSR count). The molecule has 0 aliphatic heterocycles. The number of rotatable bonds is 1. The molecule has 0 saturated heterocycles. The molecule has 0 aliphatic rings. The molecule has 48 valence electrons. The first-order chi connectivity index (χ1) is 4.30. The summed E-state index contributed by atoms with van der Waals surface area (Å²) in [5.41, 5.74) is 1.19. The molecule has 0 aliphatic carbocycles. The Kier molecular flexibility index (Phi) is 4.27. The third-order valence-corrected chi connectivity index (χ3v) is 1.21. The zero-order chi connectivity index (χ0) is 6.69. The fourth-order valence-electron chi connectivity index (χ4n) is 0.662. The maximum atomic E-state index is 3.00. The predicted molar refractivity (Wildman–Crippen MR) is 39.6 cm³/mol. The number of hydrogen-bond acceptors (Lipinski definition) is 1. The Morgan fingerprint density at radius 3 is 2.40 bits per heavy atom. The Bertz CT molecular complexity index is 172. The first kappa shape index (κ1) is 9.62. The van der Waals surface area contributed by atoms with Gasteiger partial charge in [-0.3, -0.25) is 0 Å². The van der Waals surface area contributed by atoms with E-state index >= 15 is 0 Å². The van der Waals surface area contributed by atoms with Gasteiger partial charge in [0.1, 0.15) is 0 Å². The quantitative estimate of drug-likeness (QED) is 0.330. The Hall–Kier alpha value is -0.383. The van der Waals surface area contributed by atoms with Gasteiger partial charge in [0, 0.05) is 0 Å². The fraction of sp³-hybridized carbons (Fsp3) is 0.250. The molecule has 0 bridgehead atoms. The summed E-state index contributed by atoms with van der Waals surface area (Å²) >= 11 is 0. The number of hydrogen-bond donors (Lipinski definition) is 0. The second-order valence-corrected chi connectivity index (χ2v) is 2.16. The molecule has 0 unspecified atom stereocenters. The molecule has 0 aromatic heterocycles. The molecule has 1 aromatic rings. The molecule has 1 nitrogen and oxygen atoms in total. The summed E-state index contributed by atoms with van der Waals surface area (Å²) in [4.78, 5) is 2.05. The molecular weight excluding hydrogens is 117 g/mol. The van der Waals surface area contributed by atoms with Crippen molar-refractivity contribution in [2.45, 2.75) is 0 Å². The SMILES string of the molecule is CN(C)c1c[c-]ccc1.[Li+]. The molecule has 10 heavy (non-hydrogen) atoms. The van der Waals surface area contributed by atoms with Gasteiger partial charge in [0.2, 0.25) is 0 Å². The minimum absolute atomic E-state index is 0. The Morgan fingerprint density at radius 1 is 1.40 bits per heavy atom. The molecule has 0 saturated carbocycles. The van der Waals surface area contributed by atoms with E-state index in [4.69, 9.17) is 0 Å². The van der Waals surface area contributed by atoms with Gasteiger partial charge in [-0.15, -0.1) is 6.07 Å². The average molecular weight is 127 g/mol. The van der Waals surface area contributed by atoms with E-state index < -0.39 is 0 Å². The zero-order valence-corrected chi connectivity index (χ0v) is 6.76. The fourth-order valence-corrected chi connectivity index (χ4v) is 0.662. The van der Waals surface area contributed by atoms with Crippen molar-refractivity contribution in [1.29, 1.82) is 0 Å². The van der Waals surface area contributed by atoms with Gasteiger partial charge in [-0.1, -0.05) is 5.69 Å². The first-order valence-electron chi connectivity index (χ1n) is 2.94. The molecule has 2 heteroatoms. The Labute approximate surface area is 74.2 Å². The third kappa shape index (κ3) is 2.47. The van der Waals surface area contributed by atoms with Gasteiger partial charge in [-0.2, -0.15) is 24.3 Å². The molecule has 1 aromatic carbocycles. The summed E-state index contributed by atoms with van der Waals surface area (Å²) in [5.74, 6) is 0. The van der Waals surface area contributed by atoms with Gasteiger partial charge >= 0.3 is 18.9 Å². The van der Waals surface area contributed by atoms with Gasteiger partial charge < -0.3 is 4.90 Å². The van der Waals surface area contributed by atoms with Crippen molar-refractivity contribution in [3.05, 3.63) is 30.3 Å². The molecule has 0 fully saturated rings. The second-order valence-electron chi connectivity index (χ2n) is 2.16. The summed E-state index contributed by atoms with van der Waals surface area (Å²) < 4.78 is 0. The Morgan fingerprint density at radius 2 is 2.10 bits per heavy atom. The minimum atomic E-state index is 0. The van der Waals surface area contributed by atoms with Gasteiger partial charge in [0.15, 0.2) is 0 Å². The van der Waals surface area contributed by atoms with Gasteiger partial charge in [0.05, 0.1) is 0 Å². The molecule has 0 atom stereocenters. The van der Waals surface area contributed by atoms with Crippen LogP contribution in [0.5, 0.6) is 0 Å². The summed E-state index contributed by atoms with van der Waals surface area (Å²) in [7, 11) is 4.03. The minimum Gasteiger partial charge on any atom is -0.429 e. The van der Waals surface area contributed by atoms with Crippen LogP contribution in [0.4, 0.5) is 5.69 Å². The van der Waals surface area contributed by atoms with Gasteiger partial charge in [-0.05, 0) is 14.1 Å². The van der Waals surface area contributed by atoms with Crippen molar-refractivity contribution < 1.29 is 18.9 Å². The average Bonchev–Trinajstić information content (AvgIpc) is 1.90. The van der Waals surface area contributed by atoms with Crippen LogP contribution in [0.2, 0.25) is 0 Å².